The van der Waals surface area contributed by atoms with Crippen LogP contribution in [0.2, 0.25) is 0 Å². The normalized spacial score (nSPS) is 14.3. The van der Waals surface area contributed by atoms with Gasteiger partial charge in [-0.15, -0.1) is 11.6 Å². The Kier molecular flexibility index (Phi) is 7.10. The molecule has 0 aliphatic carbocycles. The minimum Gasteiger partial charge on any atom is -0.492 e. The topological polar surface area (TPSA) is 9.23 Å². The van der Waals surface area contributed by atoms with Crippen molar-refractivity contribution < 1.29 is 4.74 Å². The van der Waals surface area contributed by atoms with Crippen molar-refractivity contribution in [3.63, 3.8) is 0 Å². The third kappa shape index (κ3) is 4.47. The SMILES string of the molecule is CCCOc1ccc(C(Cl)C(C)CCC)cc1Br. The first-order chi connectivity index (χ1) is 8.60. The molecule has 0 saturated heterocycles. The maximum atomic E-state index is 6.50. The average molecular weight is 334 g/mol. The Hall–Kier alpha value is -0.210. The van der Waals surface area contributed by atoms with E-state index in [-0.39, 0.29) is 5.38 Å². The van der Waals surface area contributed by atoms with Crippen molar-refractivity contribution in [2.75, 3.05) is 6.61 Å². The molecule has 1 aromatic rings. The van der Waals surface area contributed by atoms with E-state index < -0.39 is 0 Å². The van der Waals surface area contributed by atoms with Crippen molar-refractivity contribution in [2.24, 2.45) is 5.92 Å². The molecule has 2 unspecified atom stereocenters. The van der Waals surface area contributed by atoms with E-state index in [1.165, 1.54) is 6.42 Å². The zero-order chi connectivity index (χ0) is 13.5. The highest BCUT2D eigenvalue weighted by Gasteiger charge is 2.17. The minimum atomic E-state index is 0.0708. The van der Waals surface area contributed by atoms with E-state index >= 15 is 0 Å². The fourth-order valence-corrected chi connectivity index (χ4v) is 2.72. The summed E-state index contributed by atoms with van der Waals surface area (Å²) in [6.45, 7) is 7.24. The molecule has 1 nitrogen and oxygen atoms in total. The summed E-state index contributed by atoms with van der Waals surface area (Å²) in [6.07, 6.45) is 3.34. The molecule has 0 fully saturated rings. The molecule has 0 amide bonds. The molecular formula is C15H22BrClO. The van der Waals surface area contributed by atoms with E-state index in [4.69, 9.17) is 16.3 Å². The first kappa shape index (κ1) is 15.8. The van der Waals surface area contributed by atoms with Crippen molar-refractivity contribution in [3.05, 3.63) is 28.2 Å². The molecule has 1 rings (SSSR count). The average Bonchev–Trinajstić information content (AvgIpc) is 2.36. The van der Waals surface area contributed by atoms with Gasteiger partial charge in [-0.25, -0.2) is 0 Å². The highest BCUT2D eigenvalue weighted by atomic mass is 79.9. The van der Waals surface area contributed by atoms with Gasteiger partial charge in [0.15, 0.2) is 0 Å². The summed E-state index contributed by atoms with van der Waals surface area (Å²) in [5.74, 6) is 1.39. The second-order valence-corrected chi connectivity index (χ2v) is 6.03. The second-order valence-electron chi connectivity index (χ2n) is 4.71. The summed E-state index contributed by atoms with van der Waals surface area (Å²) in [5, 5.41) is 0.0708. The van der Waals surface area contributed by atoms with Crippen molar-refractivity contribution in [3.8, 4) is 5.75 Å². The van der Waals surface area contributed by atoms with Crippen LogP contribution in [0.5, 0.6) is 5.75 Å². The van der Waals surface area contributed by atoms with E-state index in [0.717, 1.165) is 35.2 Å². The molecule has 18 heavy (non-hydrogen) atoms. The van der Waals surface area contributed by atoms with Gasteiger partial charge in [-0.3, -0.25) is 0 Å². The summed E-state index contributed by atoms with van der Waals surface area (Å²) in [4.78, 5) is 0. The van der Waals surface area contributed by atoms with Crippen LogP contribution in [0.3, 0.4) is 0 Å². The number of alkyl halides is 1. The number of halogens is 2. The van der Waals surface area contributed by atoms with Crippen LogP contribution in [0.15, 0.2) is 22.7 Å². The first-order valence-electron chi connectivity index (χ1n) is 6.66. The molecule has 0 aromatic heterocycles. The van der Waals surface area contributed by atoms with Crippen molar-refractivity contribution in [1.29, 1.82) is 0 Å². The third-order valence-electron chi connectivity index (χ3n) is 2.98. The Morgan fingerprint density at radius 2 is 2.00 bits per heavy atom. The second kappa shape index (κ2) is 8.06. The molecule has 102 valence electrons. The van der Waals surface area contributed by atoms with E-state index in [1.54, 1.807) is 0 Å². The Balaban J connectivity index is 2.76. The fraction of sp³-hybridized carbons (Fsp3) is 0.600. The smallest absolute Gasteiger partial charge is 0.133 e. The number of hydrogen-bond acceptors (Lipinski definition) is 1. The van der Waals surface area contributed by atoms with Gasteiger partial charge < -0.3 is 4.74 Å². The van der Waals surface area contributed by atoms with Crippen LogP contribution in [0.25, 0.3) is 0 Å². The Morgan fingerprint density at radius 1 is 1.28 bits per heavy atom. The largest absolute Gasteiger partial charge is 0.492 e. The van der Waals surface area contributed by atoms with E-state index in [1.807, 2.05) is 6.07 Å². The van der Waals surface area contributed by atoms with Crippen LogP contribution >= 0.6 is 27.5 Å². The summed E-state index contributed by atoms with van der Waals surface area (Å²) in [5.41, 5.74) is 1.16. The Bertz CT molecular complexity index is 368. The molecule has 0 spiro atoms. The van der Waals surface area contributed by atoms with Gasteiger partial charge in [0.25, 0.3) is 0 Å². The zero-order valence-corrected chi connectivity index (χ0v) is 13.7. The monoisotopic (exact) mass is 332 g/mol. The maximum absolute atomic E-state index is 6.50. The molecule has 0 N–H and O–H groups in total. The Labute approximate surface area is 124 Å². The molecule has 0 heterocycles. The number of benzene rings is 1. The summed E-state index contributed by atoms with van der Waals surface area (Å²) < 4.78 is 6.63. The number of ether oxygens (including phenoxy) is 1. The van der Waals surface area contributed by atoms with Crippen molar-refractivity contribution in [1.82, 2.24) is 0 Å². The lowest BCUT2D eigenvalue weighted by Crippen LogP contribution is -2.04. The van der Waals surface area contributed by atoms with Gasteiger partial charge in [-0.1, -0.05) is 33.3 Å². The van der Waals surface area contributed by atoms with Gasteiger partial charge in [-0.2, -0.15) is 0 Å². The summed E-state index contributed by atoms with van der Waals surface area (Å²) >= 11 is 10.1. The van der Waals surface area contributed by atoms with Gasteiger partial charge in [0, 0.05) is 0 Å². The Morgan fingerprint density at radius 3 is 2.56 bits per heavy atom. The van der Waals surface area contributed by atoms with E-state index in [2.05, 4.69) is 48.8 Å². The van der Waals surface area contributed by atoms with Gasteiger partial charge in [-0.05, 0) is 52.4 Å². The molecule has 0 aliphatic rings. The quantitative estimate of drug-likeness (QED) is 0.560. The van der Waals surface area contributed by atoms with Gasteiger partial charge in [0.1, 0.15) is 5.75 Å². The van der Waals surface area contributed by atoms with Crippen LogP contribution < -0.4 is 4.74 Å². The molecule has 3 heteroatoms. The predicted octanol–water partition coefficient (Wildman–Crippen LogP) is 5.95. The van der Waals surface area contributed by atoms with Gasteiger partial charge in [0.05, 0.1) is 16.5 Å². The molecule has 2 atom stereocenters. The highest BCUT2D eigenvalue weighted by molar-refractivity contribution is 9.10. The fourth-order valence-electron chi connectivity index (χ4n) is 1.95. The van der Waals surface area contributed by atoms with Crippen LogP contribution in [-0.4, -0.2) is 6.61 Å². The standard InChI is InChI=1S/C15H22BrClO/c1-4-6-11(3)15(17)12-7-8-14(13(16)10-12)18-9-5-2/h7-8,10-11,15H,4-6,9H2,1-3H3. The lowest BCUT2D eigenvalue weighted by atomic mass is 9.96. The molecule has 1 aromatic carbocycles. The van der Waals surface area contributed by atoms with Crippen LogP contribution in [-0.2, 0) is 0 Å². The zero-order valence-electron chi connectivity index (χ0n) is 11.4. The van der Waals surface area contributed by atoms with E-state index in [0.29, 0.717) is 5.92 Å². The van der Waals surface area contributed by atoms with E-state index in [9.17, 15) is 0 Å². The van der Waals surface area contributed by atoms with Gasteiger partial charge >= 0.3 is 0 Å². The first-order valence-corrected chi connectivity index (χ1v) is 7.89. The lowest BCUT2D eigenvalue weighted by Gasteiger charge is -2.18. The van der Waals surface area contributed by atoms with Crippen molar-refractivity contribution >= 4 is 27.5 Å². The third-order valence-corrected chi connectivity index (χ3v) is 4.28. The number of rotatable bonds is 7. The maximum Gasteiger partial charge on any atom is 0.133 e. The van der Waals surface area contributed by atoms with Crippen LogP contribution in [0, 0.1) is 5.92 Å². The molecule has 0 bridgehead atoms. The molecule has 0 saturated carbocycles. The molecule has 0 aliphatic heterocycles. The molecular weight excluding hydrogens is 312 g/mol. The predicted molar refractivity (Wildman–Crippen MR) is 82.6 cm³/mol. The summed E-state index contributed by atoms with van der Waals surface area (Å²) in [6, 6.07) is 6.15. The lowest BCUT2D eigenvalue weighted by molar-refractivity contribution is 0.315. The molecule has 0 radical (unpaired) electrons. The highest BCUT2D eigenvalue weighted by Crippen LogP contribution is 2.35. The van der Waals surface area contributed by atoms with Crippen LogP contribution in [0.4, 0.5) is 0 Å². The number of hydrogen-bond donors (Lipinski definition) is 0. The minimum absolute atomic E-state index is 0.0708. The van der Waals surface area contributed by atoms with Crippen molar-refractivity contribution in [2.45, 2.75) is 45.4 Å². The van der Waals surface area contributed by atoms with Gasteiger partial charge in [0.2, 0.25) is 0 Å². The summed E-state index contributed by atoms with van der Waals surface area (Å²) in [7, 11) is 0. The van der Waals surface area contributed by atoms with Crippen LogP contribution in [0.1, 0.15) is 51.0 Å².